The Morgan fingerprint density at radius 3 is 2.68 bits per heavy atom. The van der Waals surface area contributed by atoms with Gasteiger partial charge in [0.25, 0.3) is 0 Å². The lowest BCUT2D eigenvalue weighted by Crippen LogP contribution is -2.57. The lowest BCUT2D eigenvalue weighted by Gasteiger charge is -2.39. The summed E-state index contributed by atoms with van der Waals surface area (Å²) in [6, 6.07) is 3.99. The van der Waals surface area contributed by atoms with Crippen molar-refractivity contribution in [2.24, 2.45) is 10.9 Å². The van der Waals surface area contributed by atoms with Gasteiger partial charge in [-0.15, -0.1) is 0 Å². The lowest BCUT2D eigenvalue weighted by atomic mass is 10.1. The Morgan fingerprint density at radius 2 is 2.04 bits per heavy atom. The molecule has 1 aromatic rings. The Morgan fingerprint density at radius 1 is 1.29 bits per heavy atom. The van der Waals surface area contributed by atoms with Gasteiger partial charge in [-0.05, 0) is 38.3 Å². The molecule has 3 rings (SSSR count). The van der Waals surface area contributed by atoms with Crippen LogP contribution < -0.4 is 10.2 Å². The van der Waals surface area contributed by atoms with E-state index in [-0.39, 0.29) is 5.75 Å². The maximum atomic E-state index is 13.5. The van der Waals surface area contributed by atoms with Crippen LogP contribution in [0.1, 0.15) is 20.3 Å². The van der Waals surface area contributed by atoms with Crippen LogP contribution in [0.25, 0.3) is 0 Å². The SMILES string of the molecule is CN=C(NCC1CCN(c2ccc(F)c(F)c2)C1)N1CCS(=O)(=O)C(C)(C)C1. The third-order valence-electron chi connectivity index (χ3n) is 5.66. The molecule has 0 saturated carbocycles. The average molecular weight is 415 g/mol. The van der Waals surface area contributed by atoms with E-state index < -0.39 is 26.2 Å². The van der Waals surface area contributed by atoms with Crippen molar-refractivity contribution in [2.45, 2.75) is 25.0 Å². The van der Waals surface area contributed by atoms with Crippen molar-refractivity contribution in [3.63, 3.8) is 0 Å². The number of hydrogen-bond acceptors (Lipinski definition) is 4. The molecule has 6 nitrogen and oxygen atoms in total. The zero-order valence-corrected chi connectivity index (χ0v) is 17.4. The molecule has 0 aliphatic carbocycles. The molecule has 0 bridgehead atoms. The molecule has 156 valence electrons. The van der Waals surface area contributed by atoms with Crippen molar-refractivity contribution in [1.29, 1.82) is 0 Å². The largest absolute Gasteiger partial charge is 0.371 e. The van der Waals surface area contributed by atoms with Crippen LogP contribution in [0.15, 0.2) is 23.2 Å². The second-order valence-corrected chi connectivity index (χ2v) is 10.9. The van der Waals surface area contributed by atoms with Crippen molar-refractivity contribution in [1.82, 2.24) is 10.2 Å². The van der Waals surface area contributed by atoms with Crippen LogP contribution in [0.3, 0.4) is 0 Å². The number of hydrogen-bond donors (Lipinski definition) is 1. The fourth-order valence-corrected chi connectivity index (χ4v) is 5.17. The topological polar surface area (TPSA) is 65.0 Å². The number of aliphatic imine (C=N–C) groups is 1. The normalized spacial score (nSPS) is 24.5. The highest BCUT2D eigenvalue weighted by molar-refractivity contribution is 7.92. The molecular formula is C19H28F2N4O2S. The smallest absolute Gasteiger partial charge is 0.193 e. The quantitative estimate of drug-likeness (QED) is 0.604. The minimum absolute atomic E-state index is 0.119. The molecule has 1 unspecified atom stereocenters. The van der Waals surface area contributed by atoms with E-state index in [0.717, 1.165) is 25.6 Å². The summed E-state index contributed by atoms with van der Waals surface area (Å²) in [6.45, 7) is 6.55. The second-order valence-electron chi connectivity index (χ2n) is 8.13. The molecule has 0 spiro atoms. The molecule has 2 aliphatic rings. The van der Waals surface area contributed by atoms with E-state index in [1.807, 2.05) is 9.80 Å². The van der Waals surface area contributed by atoms with E-state index in [0.29, 0.717) is 37.2 Å². The van der Waals surface area contributed by atoms with Gasteiger partial charge in [0, 0.05) is 51.5 Å². The van der Waals surface area contributed by atoms with Crippen molar-refractivity contribution in [2.75, 3.05) is 50.4 Å². The number of sulfone groups is 1. The Bertz CT molecular complexity index is 857. The first-order valence-corrected chi connectivity index (χ1v) is 11.2. The molecule has 1 atom stereocenters. The number of anilines is 1. The van der Waals surface area contributed by atoms with E-state index in [1.165, 1.54) is 6.07 Å². The maximum absolute atomic E-state index is 13.5. The van der Waals surface area contributed by atoms with Gasteiger partial charge in [0.15, 0.2) is 27.4 Å². The summed E-state index contributed by atoms with van der Waals surface area (Å²) >= 11 is 0. The molecule has 2 aliphatic heterocycles. The number of nitrogens with one attached hydrogen (secondary N) is 1. The van der Waals surface area contributed by atoms with Crippen molar-refractivity contribution in [3.05, 3.63) is 29.8 Å². The van der Waals surface area contributed by atoms with Crippen LogP contribution in [0.2, 0.25) is 0 Å². The average Bonchev–Trinajstić information content (AvgIpc) is 3.10. The Kier molecular flexibility index (Phi) is 5.84. The number of guanidine groups is 1. The minimum atomic E-state index is -3.10. The molecule has 2 saturated heterocycles. The highest BCUT2D eigenvalue weighted by Crippen LogP contribution is 2.26. The first-order valence-electron chi connectivity index (χ1n) is 9.51. The number of halogens is 2. The third kappa shape index (κ3) is 4.24. The third-order valence-corrected chi connectivity index (χ3v) is 8.19. The lowest BCUT2D eigenvalue weighted by molar-refractivity contribution is 0.351. The first kappa shape index (κ1) is 20.8. The first-order chi connectivity index (χ1) is 13.1. The van der Waals surface area contributed by atoms with E-state index in [9.17, 15) is 17.2 Å². The second kappa shape index (κ2) is 7.85. The molecule has 2 fully saturated rings. The standard InChI is InChI=1S/C19H28F2N4O2S/c1-19(2)13-25(8-9-28(19,26)27)18(22-3)23-11-14-6-7-24(12-14)15-4-5-16(20)17(21)10-15/h4-5,10,14H,6-9,11-13H2,1-3H3,(H,22,23). The number of benzene rings is 1. The molecule has 2 heterocycles. The van der Waals surface area contributed by atoms with Crippen molar-refractivity contribution >= 4 is 21.5 Å². The summed E-state index contributed by atoms with van der Waals surface area (Å²) < 4.78 is 50.2. The van der Waals surface area contributed by atoms with E-state index in [1.54, 1.807) is 27.0 Å². The van der Waals surface area contributed by atoms with Crippen LogP contribution in [0.5, 0.6) is 0 Å². The Hall–Kier alpha value is -1.90. The highest BCUT2D eigenvalue weighted by atomic mass is 32.2. The van der Waals surface area contributed by atoms with Crippen molar-refractivity contribution in [3.8, 4) is 0 Å². The van der Waals surface area contributed by atoms with E-state index in [2.05, 4.69) is 10.3 Å². The summed E-state index contributed by atoms with van der Waals surface area (Å²) in [5, 5.41) is 3.36. The van der Waals surface area contributed by atoms with Gasteiger partial charge in [-0.2, -0.15) is 0 Å². The Balaban J connectivity index is 1.56. The summed E-state index contributed by atoms with van der Waals surface area (Å²) in [5.74, 6) is -0.507. The molecular weight excluding hydrogens is 386 g/mol. The fraction of sp³-hybridized carbons (Fsp3) is 0.632. The summed E-state index contributed by atoms with van der Waals surface area (Å²) in [4.78, 5) is 8.36. The van der Waals surface area contributed by atoms with Gasteiger partial charge in [-0.3, -0.25) is 4.99 Å². The molecule has 1 aromatic carbocycles. The number of nitrogens with zero attached hydrogens (tertiary/aromatic N) is 3. The van der Waals surface area contributed by atoms with Crippen LogP contribution in [0, 0.1) is 17.6 Å². The van der Waals surface area contributed by atoms with Gasteiger partial charge >= 0.3 is 0 Å². The number of rotatable bonds is 3. The molecule has 0 radical (unpaired) electrons. The van der Waals surface area contributed by atoms with Gasteiger partial charge in [0.05, 0.1) is 10.5 Å². The monoisotopic (exact) mass is 414 g/mol. The minimum Gasteiger partial charge on any atom is -0.371 e. The van der Waals surface area contributed by atoms with Crippen LogP contribution in [-0.2, 0) is 9.84 Å². The fourth-order valence-electron chi connectivity index (χ4n) is 3.81. The summed E-state index contributed by atoms with van der Waals surface area (Å²) in [6.07, 6.45) is 0.933. The van der Waals surface area contributed by atoms with Gasteiger partial charge in [-0.1, -0.05) is 0 Å². The molecule has 28 heavy (non-hydrogen) atoms. The highest BCUT2D eigenvalue weighted by Gasteiger charge is 2.41. The van der Waals surface area contributed by atoms with Gasteiger partial charge < -0.3 is 15.1 Å². The van der Waals surface area contributed by atoms with Crippen LogP contribution >= 0.6 is 0 Å². The van der Waals surface area contributed by atoms with Crippen molar-refractivity contribution < 1.29 is 17.2 Å². The summed E-state index contributed by atoms with van der Waals surface area (Å²) in [5.41, 5.74) is 0.689. The van der Waals surface area contributed by atoms with E-state index >= 15 is 0 Å². The maximum Gasteiger partial charge on any atom is 0.193 e. The zero-order valence-electron chi connectivity index (χ0n) is 16.6. The Labute approximate surface area is 165 Å². The van der Waals surface area contributed by atoms with E-state index in [4.69, 9.17) is 0 Å². The zero-order chi connectivity index (χ0) is 20.5. The predicted molar refractivity (Wildman–Crippen MR) is 107 cm³/mol. The van der Waals surface area contributed by atoms with Gasteiger partial charge in [0.1, 0.15) is 0 Å². The molecule has 0 aromatic heterocycles. The van der Waals surface area contributed by atoms with Crippen LogP contribution in [0.4, 0.5) is 14.5 Å². The molecule has 1 N–H and O–H groups in total. The predicted octanol–water partition coefficient (Wildman–Crippen LogP) is 1.88. The summed E-state index contributed by atoms with van der Waals surface area (Å²) in [7, 11) is -1.40. The van der Waals surface area contributed by atoms with Gasteiger partial charge in [-0.25, -0.2) is 17.2 Å². The van der Waals surface area contributed by atoms with Gasteiger partial charge in [0.2, 0.25) is 0 Å². The molecule has 9 heteroatoms. The molecule has 0 amide bonds. The van der Waals surface area contributed by atoms with Crippen LogP contribution in [-0.4, -0.2) is 69.5 Å².